The van der Waals surface area contributed by atoms with Crippen molar-refractivity contribution in [1.29, 1.82) is 0 Å². The van der Waals surface area contributed by atoms with Gasteiger partial charge in [-0.3, -0.25) is 14.9 Å². The monoisotopic (exact) mass is 389 g/mol. The Morgan fingerprint density at radius 2 is 1.83 bits per heavy atom. The summed E-state index contributed by atoms with van der Waals surface area (Å²) in [6, 6.07) is 20.7. The predicted octanol–water partition coefficient (Wildman–Crippen LogP) is 4.25. The average Bonchev–Trinajstić information content (AvgIpc) is 2.73. The molecule has 0 unspecified atom stereocenters. The zero-order chi connectivity index (χ0) is 20.6. The van der Waals surface area contributed by atoms with Crippen LogP contribution in [0.4, 0.5) is 5.69 Å². The zero-order valence-electron chi connectivity index (χ0n) is 15.7. The number of nitrogens with zero attached hydrogens (tertiary/aromatic N) is 2. The number of aryl methyl sites for hydroxylation is 1. The van der Waals surface area contributed by atoms with Gasteiger partial charge in [0, 0.05) is 17.7 Å². The number of rotatable bonds is 7. The first-order chi connectivity index (χ1) is 14.0. The minimum absolute atomic E-state index is 0.0743. The largest absolute Gasteiger partial charge is 0.489 e. The zero-order valence-corrected chi connectivity index (χ0v) is 15.7. The van der Waals surface area contributed by atoms with Gasteiger partial charge < -0.3 is 4.74 Å². The predicted molar refractivity (Wildman–Crippen MR) is 110 cm³/mol. The Balaban J connectivity index is 1.51. The summed E-state index contributed by atoms with van der Waals surface area (Å²) in [5.41, 5.74) is 5.68. The maximum Gasteiger partial charge on any atom is 0.271 e. The van der Waals surface area contributed by atoms with E-state index < -0.39 is 10.8 Å². The van der Waals surface area contributed by atoms with Crippen LogP contribution in [0.5, 0.6) is 5.75 Å². The maximum atomic E-state index is 12.0. The number of benzene rings is 3. The van der Waals surface area contributed by atoms with E-state index in [1.54, 1.807) is 0 Å². The fraction of sp³-hybridized carbons (Fsp3) is 0.0909. The smallest absolute Gasteiger partial charge is 0.271 e. The number of carbonyl (C=O) groups is 1. The molecule has 0 bridgehead atoms. The van der Waals surface area contributed by atoms with Crippen LogP contribution in [0.15, 0.2) is 77.9 Å². The van der Waals surface area contributed by atoms with Crippen molar-refractivity contribution in [2.24, 2.45) is 5.10 Å². The topological polar surface area (TPSA) is 93.8 Å². The van der Waals surface area contributed by atoms with Crippen LogP contribution in [-0.2, 0) is 6.61 Å². The lowest BCUT2D eigenvalue weighted by atomic mass is 10.1. The molecule has 0 heterocycles. The van der Waals surface area contributed by atoms with E-state index in [1.165, 1.54) is 36.0 Å². The molecule has 0 aliphatic carbocycles. The van der Waals surface area contributed by atoms with Gasteiger partial charge in [-0.25, -0.2) is 5.43 Å². The van der Waals surface area contributed by atoms with Crippen molar-refractivity contribution in [3.63, 3.8) is 0 Å². The second-order valence-electron chi connectivity index (χ2n) is 6.35. The summed E-state index contributed by atoms with van der Waals surface area (Å²) in [6.45, 7) is 2.53. The van der Waals surface area contributed by atoms with E-state index in [9.17, 15) is 14.9 Å². The van der Waals surface area contributed by atoms with Crippen LogP contribution in [0.3, 0.4) is 0 Å². The molecular formula is C22H19N3O4. The molecule has 0 radical (unpaired) electrons. The van der Waals surface area contributed by atoms with Crippen LogP contribution in [0.2, 0.25) is 0 Å². The van der Waals surface area contributed by atoms with Crippen LogP contribution in [0, 0.1) is 17.0 Å². The molecule has 0 saturated carbocycles. The lowest BCUT2D eigenvalue weighted by Crippen LogP contribution is -2.17. The van der Waals surface area contributed by atoms with Gasteiger partial charge in [0.05, 0.1) is 11.1 Å². The highest BCUT2D eigenvalue weighted by Gasteiger charge is 2.08. The van der Waals surface area contributed by atoms with Crippen molar-refractivity contribution in [3.8, 4) is 5.75 Å². The number of non-ortho nitro benzene ring substituents is 1. The number of nitrogens with one attached hydrogen (secondary N) is 1. The van der Waals surface area contributed by atoms with Crippen LogP contribution in [0.1, 0.15) is 27.0 Å². The molecule has 7 heteroatoms. The maximum absolute atomic E-state index is 12.0. The third kappa shape index (κ3) is 5.74. The molecule has 0 fully saturated rings. The van der Waals surface area contributed by atoms with Crippen molar-refractivity contribution < 1.29 is 14.5 Å². The highest BCUT2D eigenvalue weighted by Crippen LogP contribution is 2.14. The molecule has 3 aromatic carbocycles. The fourth-order valence-electron chi connectivity index (χ4n) is 2.58. The summed E-state index contributed by atoms with van der Waals surface area (Å²) < 4.78 is 5.77. The van der Waals surface area contributed by atoms with Gasteiger partial charge in [-0.15, -0.1) is 0 Å². The van der Waals surface area contributed by atoms with Crippen molar-refractivity contribution in [2.75, 3.05) is 0 Å². The summed E-state index contributed by atoms with van der Waals surface area (Å²) in [5, 5.41) is 14.5. The van der Waals surface area contributed by atoms with E-state index in [1.807, 2.05) is 49.4 Å². The molecule has 0 aliphatic heterocycles. The minimum Gasteiger partial charge on any atom is -0.489 e. The Morgan fingerprint density at radius 3 is 2.48 bits per heavy atom. The molecule has 3 aromatic rings. The lowest BCUT2D eigenvalue weighted by Gasteiger charge is -2.07. The van der Waals surface area contributed by atoms with Crippen molar-refractivity contribution in [1.82, 2.24) is 5.43 Å². The van der Waals surface area contributed by atoms with Gasteiger partial charge in [-0.1, -0.05) is 29.8 Å². The summed E-state index contributed by atoms with van der Waals surface area (Å²) >= 11 is 0. The van der Waals surface area contributed by atoms with E-state index in [0.717, 1.165) is 16.9 Å². The highest BCUT2D eigenvalue weighted by atomic mass is 16.6. The number of carbonyl (C=O) groups excluding carboxylic acids is 1. The molecule has 3 rings (SSSR count). The fourth-order valence-corrected chi connectivity index (χ4v) is 2.58. The van der Waals surface area contributed by atoms with Gasteiger partial charge in [-0.2, -0.15) is 5.10 Å². The molecule has 146 valence electrons. The van der Waals surface area contributed by atoms with Gasteiger partial charge in [0.2, 0.25) is 0 Å². The summed E-state index contributed by atoms with van der Waals surface area (Å²) in [7, 11) is 0. The standard InChI is InChI=1S/C22H19N3O4/c1-16-3-2-4-18(13-16)15-29-21-11-5-17(6-12-21)14-23-24-22(26)19-7-9-20(10-8-19)25(27)28/h2-14H,15H2,1H3,(H,24,26)/b23-14-. The first-order valence-electron chi connectivity index (χ1n) is 8.87. The second-order valence-corrected chi connectivity index (χ2v) is 6.35. The van der Waals surface area contributed by atoms with E-state index in [2.05, 4.69) is 16.6 Å². The summed E-state index contributed by atoms with van der Waals surface area (Å²) in [5.74, 6) is 0.285. The first kappa shape index (κ1) is 19.8. The van der Waals surface area contributed by atoms with Gasteiger partial charge in [0.15, 0.2) is 0 Å². The molecule has 0 aliphatic rings. The normalized spacial score (nSPS) is 10.7. The van der Waals surface area contributed by atoms with Crippen molar-refractivity contribution in [2.45, 2.75) is 13.5 Å². The van der Waals surface area contributed by atoms with Crippen LogP contribution < -0.4 is 10.2 Å². The average molecular weight is 389 g/mol. The summed E-state index contributed by atoms with van der Waals surface area (Å²) in [4.78, 5) is 22.1. The molecule has 29 heavy (non-hydrogen) atoms. The quantitative estimate of drug-likeness (QED) is 0.371. The summed E-state index contributed by atoms with van der Waals surface area (Å²) in [6.07, 6.45) is 1.51. The van der Waals surface area contributed by atoms with Crippen molar-refractivity contribution in [3.05, 3.63) is 105 Å². The van der Waals surface area contributed by atoms with Crippen LogP contribution in [-0.4, -0.2) is 17.0 Å². The van der Waals surface area contributed by atoms with Gasteiger partial charge in [0.25, 0.3) is 11.6 Å². The molecule has 7 nitrogen and oxygen atoms in total. The third-order valence-electron chi connectivity index (χ3n) is 4.09. The molecular weight excluding hydrogens is 370 g/mol. The molecule has 1 N–H and O–H groups in total. The SMILES string of the molecule is Cc1cccc(COc2ccc(/C=N\NC(=O)c3ccc([N+](=O)[O-])cc3)cc2)c1. The number of hydrogen-bond acceptors (Lipinski definition) is 5. The number of amides is 1. The van der Waals surface area contributed by atoms with Gasteiger partial charge >= 0.3 is 0 Å². The first-order valence-corrected chi connectivity index (χ1v) is 8.87. The van der Waals surface area contributed by atoms with Crippen LogP contribution in [0.25, 0.3) is 0 Å². The highest BCUT2D eigenvalue weighted by molar-refractivity contribution is 5.95. The number of hydrogen-bond donors (Lipinski definition) is 1. The molecule has 0 saturated heterocycles. The van der Waals surface area contributed by atoms with E-state index >= 15 is 0 Å². The van der Waals surface area contributed by atoms with Crippen LogP contribution >= 0.6 is 0 Å². The van der Waals surface area contributed by atoms with Crippen molar-refractivity contribution >= 4 is 17.8 Å². The Morgan fingerprint density at radius 1 is 1.10 bits per heavy atom. The Kier molecular flexibility index (Phi) is 6.32. The van der Waals surface area contributed by atoms with Gasteiger partial charge in [-0.05, 0) is 54.4 Å². The minimum atomic E-state index is -0.520. The number of ether oxygens (including phenoxy) is 1. The van der Waals surface area contributed by atoms with E-state index in [-0.39, 0.29) is 11.3 Å². The molecule has 1 amide bonds. The van der Waals surface area contributed by atoms with E-state index in [4.69, 9.17) is 4.74 Å². The van der Waals surface area contributed by atoms with E-state index in [0.29, 0.717) is 6.61 Å². The Bertz CT molecular complexity index is 1030. The number of nitro benzene ring substituents is 1. The third-order valence-corrected chi connectivity index (χ3v) is 4.09. The lowest BCUT2D eigenvalue weighted by molar-refractivity contribution is -0.384. The number of nitro groups is 1. The molecule has 0 aromatic heterocycles. The Hall–Kier alpha value is -4.00. The number of hydrazone groups is 1. The molecule has 0 atom stereocenters. The second kappa shape index (κ2) is 9.27. The van der Waals surface area contributed by atoms with Gasteiger partial charge in [0.1, 0.15) is 12.4 Å². The Labute approximate surface area is 167 Å². The molecule has 0 spiro atoms.